The highest BCUT2D eigenvalue weighted by atomic mass is 16.5. The fraction of sp³-hybridized carbons (Fsp3) is 0.900. The topological polar surface area (TPSA) is 41.6 Å². The van der Waals surface area contributed by atoms with Crippen LogP contribution >= 0.6 is 0 Å². The zero-order valence-electron chi connectivity index (χ0n) is 8.82. The summed E-state index contributed by atoms with van der Waals surface area (Å²) in [7, 11) is 1.58. The third-order valence-electron chi connectivity index (χ3n) is 3.40. The maximum Gasteiger partial charge on any atom is 0.251 e. The molecule has 4 nitrogen and oxygen atoms in total. The van der Waals surface area contributed by atoms with Gasteiger partial charge in [-0.05, 0) is 18.8 Å². The number of ether oxygens (including phenoxy) is 1. The lowest BCUT2D eigenvalue weighted by molar-refractivity contribution is -0.140. The molecular formula is C10H18N2O2. The van der Waals surface area contributed by atoms with Crippen LogP contribution < -0.4 is 5.32 Å². The lowest BCUT2D eigenvalue weighted by Crippen LogP contribution is -2.38. The first-order chi connectivity index (χ1) is 6.72. The predicted molar refractivity (Wildman–Crippen MR) is 52.9 cm³/mol. The third kappa shape index (κ3) is 1.64. The van der Waals surface area contributed by atoms with Crippen LogP contribution in [0.5, 0.6) is 0 Å². The second-order valence-corrected chi connectivity index (χ2v) is 4.30. The number of nitrogens with zero attached hydrogens (tertiary/aromatic N) is 1. The average molecular weight is 198 g/mol. The maximum absolute atomic E-state index is 11.8. The molecule has 3 atom stereocenters. The van der Waals surface area contributed by atoms with Crippen molar-refractivity contribution < 1.29 is 9.53 Å². The summed E-state index contributed by atoms with van der Waals surface area (Å²) in [5.74, 6) is 1.48. The van der Waals surface area contributed by atoms with Gasteiger partial charge in [0.1, 0.15) is 6.10 Å². The van der Waals surface area contributed by atoms with E-state index in [4.69, 9.17) is 4.74 Å². The predicted octanol–water partition coefficient (Wildman–Crippen LogP) is -0.301. The van der Waals surface area contributed by atoms with Gasteiger partial charge in [0, 0.05) is 33.3 Å². The molecule has 2 saturated heterocycles. The molecule has 4 heteroatoms. The number of hydrogen-bond acceptors (Lipinski definition) is 3. The Hall–Kier alpha value is -0.610. The molecule has 0 aromatic carbocycles. The summed E-state index contributed by atoms with van der Waals surface area (Å²) in [4.78, 5) is 13.7. The highest BCUT2D eigenvalue weighted by Gasteiger charge is 2.38. The fourth-order valence-corrected chi connectivity index (χ4v) is 2.39. The molecule has 2 heterocycles. The third-order valence-corrected chi connectivity index (χ3v) is 3.40. The number of carbonyl (C=O) groups is 1. The van der Waals surface area contributed by atoms with E-state index in [1.165, 1.54) is 0 Å². The van der Waals surface area contributed by atoms with Gasteiger partial charge >= 0.3 is 0 Å². The van der Waals surface area contributed by atoms with Crippen molar-refractivity contribution in [3.63, 3.8) is 0 Å². The molecule has 3 unspecified atom stereocenters. The molecule has 2 aliphatic rings. The van der Waals surface area contributed by atoms with Crippen molar-refractivity contribution in [2.24, 2.45) is 11.8 Å². The van der Waals surface area contributed by atoms with Gasteiger partial charge in [0.2, 0.25) is 0 Å². The van der Waals surface area contributed by atoms with Crippen molar-refractivity contribution in [3.05, 3.63) is 0 Å². The SMILES string of the molecule is COC(C)C(=O)N1CC2CNCC2C1. The van der Waals surface area contributed by atoms with Crippen molar-refractivity contribution in [1.29, 1.82) is 0 Å². The van der Waals surface area contributed by atoms with E-state index in [1.807, 2.05) is 11.8 Å². The van der Waals surface area contributed by atoms with Gasteiger partial charge in [-0.1, -0.05) is 0 Å². The van der Waals surface area contributed by atoms with Crippen LogP contribution in [0.4, 0.5) is 0 Å². The molecule has 80 valence electrons. The number of fused-ring (bicyclic) bond motifs is 1. The van der Waals surface area contributed by atoms with Crippen molar-refractivity contribution in [2.45, 2.75) is 13.0 Å². The Morgan fingerprint density at radius 3 is 2.50 bits per heavy atom. The molecule has 0 radical (unpaired) electrons. The first-order valence-electron chi connectivity index (χ1n) is 5.24. The highest BCUT2D eigenvalue weighted by molar-refractivity contribution is 5.80. The summed E-state index contributed by atoms with van der Waals surface area (Å²) in [5, 5.41) is 3.36. The van der Waals surface area contributed by atoms with Crippen molar-refractivity contribution >= 4 is 5.91 Å². The van der Waals surface area contributed by atoms with E-state index in [1.54, 1.807) is 7.11 Å². The Bertz CT molecular complexity index is 220. The molecule has 1 N–H and O–H groups in total. The van der Waals surface area contributed by atoms with Crippen LogP contribution in [0.3, 0.4) is 0 Å². The Morgan fingerprint density at radius 1 is 1.43 bits per heavy atom. The Kier molecular flexibility index (Phi) is 2.74. The lowest BCUT2D eigenvalue weighted by Gasteiger charge is -2.20. The Balaban J connectivity index is 1.92. The smallest absolute Gasteiger partial charge is 0.251 e. The number of amides is 1. The van der Waals surface area contributed by atoms with Crippen molar-refractivity contribution in [3.8, 4) is 0 Å². The summed E-state index contributed by atoms with van der Waals surface area (Å²) in [6.45, 7) is 5.76. The van der Waals surface area contributed by atoms with Gasteiger partial charge in [-0.3, -0.25) is 4.79 Å². The van der Waals surface area contributed by atoms with Gasteiger partial charge in [-0.25, -0.2) is 0 Å². The minimum atomic E-state index is -0.290. The minimum absolute atomic E-state index is 0.141. The number of methoxy groups -OCH3 is 1. The van der Waals surface area contributed by atoms with E-state index in [2.05, 4.69) is 5.32 Å². The van der Waals surface area contributed by atoms with Crippen LogP contribution in [0, 0.1) is 11.8 Å². The first kappa shape index (κ1) is 9.93. The molecule has 2 rings (SSSR count). The summed E-state index contributed by atoms with van der Waals surface area (Å²) < 4.78 is 5.04. The zero-order valence-corrected chi connectivity index (χ0v) is 8.82. The van der Waals surface area contributed by atoms with Gasteiger partial charge in [-0.15, -0.1) is 0 Å². The fourth-order valence-electron chi connectivity index (χ4n) is 2.39. The quantitative estimate of drug-likeness (QED) is 0.662. The van der Waals surface area contributed by atoms with E-state index in [9.17, 15) is 4.79 Å². The second-order valence-electron chi connectivity index (χ2n) is 4.30. The van der Waals surface area contributed by atoms with Gasteiger partial charge in [-0.2, -0.15) is 0 Å². The molecule has 14 heavy (non-hydrogen) atoms. The number of carbonyl (C=O) groups excluding carboxylic acids is 1. The molecule has 0 aromatic rings. The van der Waals surface area contributed by atoms with Gasteiger partial charge in [0.25, 0.3) is 5.91 Å². The van der Waals surface area contributed by atoms with Gasteiger partial charge in [0.15, 0.2) is 0 Å². The van der Waals surface area contributed by atoms with Crippen LogP contribution in [-0.2, 0) is 9.53 Å². The van der Waals surface area contributed by atoms with Crippen LogP contribution in [0.1, 0.15) is 6.92 Å². The molecule has 0 bridgehead atoms. The summed E-state index contributed by atoms with van der Waals surface area (Å²) >= 11 is 0. The average Bonchev–Trinajstić information content (AvgIpc) is 2.74. The Morgan fingerprint density at radius 2 is 2.00 bits per heavy atom. The van der Waals surface area contributed by atoms with Crippen LogP contribution in [0.15, 0.2) is 0 Å². The molecule has 2 aliphatic heterocycles. The van der Waals surface area contributed by atoms with E-state index in [-0.39, 0.29) is 12.0 Å². The van der Waals surface area contributed by atoms with Crippen LogP contribution in [0.25, 0.3) is 0 Å². The molecule has 0 saturated carbocycles. The highest BCUT2D eigenvalue weighted by Crippen LogP contribution is 2.26. The first-order valence-corrected chi connectivity index (χ1v) is 5.24. The monoisotopic (exact) mass is 198 g/mol. The molecule has 0 spiro atoms. The largest absolute Gasteiger partial charge is 0.372 e. The zero-order chi connectivity index (χ0) is 10.1. The normalized spacial score (nSPS) is 33.1. The van der Waals surface area contributed by atoms with Gasteiger partial charge < -0.3 is 15.0 Å². The van der Waals surface area contributed by atoms with Crippen molar-refractivity contribution in [2.75, 3.05) is 33.3 Å². The van der Waals surface area contributed by atoms with Crippen LogP contribution in [0.2, 0.25) is 0 Å². The maximum atomic E-state index is 11.8. The molecule has 1 amide bonds. The lowest BCUT2D eigenvalue weighted by atomic mass is 10.0. The molecular weight excluding hydrogens is 180 g/mol. The summed E-state index contributed by atoms with van der Waals surface area (Å²) in [6, 6.07) is 0. The molecule has 0 aromatic heterocycles. The number of rotatable bonds is 2. The second kappa shape index (κ2) is 3.87. The van der Waals surface area contributed by atoms with Crippen molar-refractivity contribution in [1.82, 2.24) is 10.2 Å². The Labute approximate surface area is 84.6 Å². The van der Waals surface area contributed by atoms with E-state index in [0.717, 1.165) is 26.2 Å². The van der Waals surface area contributed by atoms with Crippen LogP contribution in [-0.4, -0.2) is 50.2 Å². The molecule has 0 aliphatic carbocycles. The summed E-state index contributed by atoms with van der Waals surface area (Å²) in [5.41, 5.74) is 0. The number of hydrogen-bond donors (Lipinski definition) is 1. The number of likely N-dealkylation sites (tertiary alicyclic amines) is 1. The van der Waals surface area contributed by atoms with E-state index >= 15 is 0 Å². The minimum Gasteiger partial charge on any atom is -0.372 e. The summed E-state index contributed by atoms with van der Waals surface area (Å²) in [6.07, 6.45) is -0.290. The number of nitrogens with one attached hydrogen (secondary N) is 1. The standard InChI is InChI=1S/C10H18N2O2/c1-7(14-2)10(13)12-5-8-3-11-4-9(8)6-12/h7-9,11H,3-6H2,1-2H3. The van der Waals surface area contributed by atoms with E-state index in [0.29, 0.717) is 11.8 Å². The molecule has 2 fully saturated rings. The van der Waals surface area contributed by atoms with Gasteiger partial charge in [0.05, 0.1) is 0 Å². The van der Waals surface area contributed by atoms with E-state index < -0.39 is 0 Å².